The number of hydrogen-bond acceptors (Lipinski definition) is 2. The van der Waals surface area contributed by atoms with Crippen LogP contribution in [0.15, 0.2) is 23.1 Å². The molecule has 102 valence electrons. The first kappa shape index (κ1) is 15.5. The van der Waals surface area contributed by atoms with E-state index in [0.717, 1.165) is 11.1 Å². The summed E-state index contributed by atoms with van der Waals surface area (Å²) in [5.74, 6) is -1.00. The molecule has 7 heteroatoms. The van der Waals surface area contributed by atoms with E-state index in [1.807, 2.05) is 0 Å². The first-order valence-electron chi connectivity index (χ1n) is 5.05. The van der Waals surface area contributed by atoms with Gasteiger partial charge in [0.2, 0.25) is 0 Å². The van der Waals surface area contributed by atoms with Gasteiger partial charge in [0, 0.05) is 0 Å². The SMILES string of the molecule is Cc1ccc(S(=O)(=O)CC(Br)C(F)(F)F)cc1C. The van der Waals surface area contributed by atoms with Crippen LogP contribution in [0.1, 0.15) is 11.1 Å². The van der Waals surface area contributed by atoms with Gasteiger partial charge in [-0.3, -0.25) is 0 Å². The van der Waals surface area contributed by atoms with Crippen molar-refractivity contribution in [1.29, 1.82) is 0 Å². The molecule has 18 heavy (non-hydrogen) atoms. The van der Waals surface area contributed by atoms with Crippen LogP contribution in [-0.4, -0.2) is 25.2 Å². The van der Waals surface area contributed by atoms with E-state index < -0.39 is 26.6 Å². The lowest BCUT2D eigenvalue weighted by Gasteiger charge is -2.14. The molecule has 0 aliphatic heterocycles. The number of aryl methyl sites for hydroxylation is 2. The van der Waals surface area contributed by atoms with E-state index in [-0.39, 0.29) is 4.90 Å². The first-order chi connectivity index (χ1) is 8.04. The molecule has 1 unspecified atom stereocenters. The summed E-state index contributed by atoms with van der Waals surface area (Å²) < 4.78 is 60.6. The normalized spacial score (nSPS) is 14.6. The van der Waals surface area contributed by atoms with Crippen molar-refractivity contribution in [2.24, 2.45) is 0 Å². The molecule has 0 aromatic heterocycles. The molecule has 0 aliphatic carbocycles. The summed E-state index contributed by atoms with van der Waals surface area (Å²) >= 11 is 2.36. The number of rotatable bonds is 3. The highest BCUT2D eigenvalue weighted by Gasteiger charge is 2.40. The summed E-state index contributed by atoms with van der Waals surface area (Å²) in [5, 5.41) is 0. The molecule has 0 radical (unpaired) electrons. The van der Waals surface area contributed by atoms with Gasteiger partial charge in [-0.15, -0.1) is 0 Å². The molecule has 1 rings (SSSR count). The largest absolute Gasteiger partial charge is 0.402 e. The Balaban J connectivity index is 3.04. The molecule has 0 bridgehead atoms. The molecule has 0 heterocycles. The number of benzene rings is 1. The summed E-state index contributed by atoms with van der Waals surface area (Å²) in [6, 6.07) is 4.30. The first-order valence-corrected chi connectivity index (χ1v) is 7.61. The third-order valence-electron chi connectivity index (χ3n) is 2.56. The Kier molecular flexibility index (Phi) is 4.48. The van der Waals surface area contributed by atoms with Crippen LogP contribution < -0.4 is 0 Å². The molecule has 0 saturated heterocycles. The topological polar surface area (TPSA) is 34.1 Å². The van der Waals surface area contributed by atoms with Crippen LogP contribution in [0.4, 0.5) is 13.2 Å². The molecule has 0 aliphatic rings. The van der Waals surface area contributed by atoms with E-state index in [4.69, 9.17) is 0 Å². The maximum atomic E-state index is 12.3. The summed E-state index contributed by atoms with van der Waals surface area (Å²) in [6.45, 7) is 3.51. The van der Waals surface area contributed by atoms with Crippen LogP contribution in [0.25, 0.3) is 0 Å². The van der Waals surface area contributed by atoms with Gasteiger partial charge in [-0.25, -0.2) is 8.42 Å². The Morgan fingerprint density at radius 1 is 1.22 bits per heavy atom. The van der Waals surface area contributed by atoms with Crippen molar-refractivity contribution in [3.8, 4) is 0 Å². The van der Waals surface area contributed by atoms with Gasteiger partial charge in [0.05, 0.1) is 10.6 Å². The van der Waals surface area contributed by atoms with Crippen molar-refractivity contribution < 1.29 is 21.6 Å². The second-order valence-corrected chi connectivity index (χ2v) is 7.18. The van der Waals surface area contributed by atoms with Gasteiger partial charge >= 0.3 is 6.18 Å². The van der Waals surface area contributed by atoms with E-state index in [1.165, 1.54) is 12.1 Å². The summed E-state index contributed by atoms with van der Waals surface area (Å²) in [7, 11) is -3.95. The Hall–Kier alpha value is -0.560. The summed E-state index contributed by atoms with van der Waals surface area (Å²) in [5.41, 5.74) is 1.62. The molecule has 0 spiro atoms. The lowest BCUT2D eigenvalue weighted by atomic mass is 10.1. The highest BCUT2D eigenvalue weighted by Crippen LogP contribution is 2.29. The minimum Gasteiger partial charge on any atom is -0.224 e. The van der Waals surface area contributed by atoms with Crippen LogP contribution in [0, 0.1) is 13.8 Å². The van der Waals surface area contributed by atoms with E-state index >= 15 is 0 Å². The standard InChI is InChI=1S/C11H12BrF3O2S/c1-7-3-4-9(5-8(7)2)18(16,17)6-10(12)11(13,14)15/h3-5,10H,6H2,1-2H3. The monoisotopic (exact) mass is 344 g/mol. The molecular formula is C11H12BrF3O2S. The Bertz CT molecular complexity index is 538. The van der Waals surface area contributed by atoms with E-state index in [1.54, 1.807) is 19.9 Å². The molecule has 0 saturated carbocycles. The minimum absolute atomic E-state index is 0.0840. The Morgan fingerprint density at radius 3 is 2.22 bits per heavy atom. The van der Waals surface area contributed by atoms with E-state index in [2.05, 4.69) is 15.9 Å². The molecule has 2 nitrogen and oxygen atoms in total. The number of hydrogen-bond donors (Lipinski definition) is 0. The zero-order valence-corrected chi connectivity index (χ0v) is 12.2. The lowest BCUT2D eigenvalue weighted by molar-refractivity contribution is -0.123. The fraction of sp³-hybridized carbons (Fsp3) is 0.455. The predicted molar refractivity (Wildman–Crippen MR) is 66.7 cm³/mol. The van der Waals surface area contributed by atoms with Gasteiger partial charge in [0.25, 0.3) is 0 Å². The molecular weight excluding hydrogens is 333 g/mol. The molecule has 0 fully saturated rings. The third-order valence-corrected chi connectivity index (χ3v) is 5.57. The average Bonchev–Trinajstić information content (AvgIpc) is 2.19. The second-order valence-electron chi connectivity index (χ2n) is 4.04. The van der Waals surface area contributed by atoms with Gasteiger partial charge in [0.15, 0.2) is 9.84 Å². The fourth-order valence-electron chi connectivity index (χ4n) is 1.29. The van der Waals surface area contributed by atoms with Crippen molar-refractivity contribution in [1.82, 2.24) is 0 Å². The molecule has 1 aromatic rings. The van der Waals surface area contributed by atoms with Crippen molar-refractivity contribution in [2.45, 2.75) is 29.7 Å². The van der Waals surface area contributed by atoms with Crippen LogP contribution in [0.2, 0.25) is 0 Å². The number of alkyl halides is 4. The van der Waals surface area contributed by atoms with Crippen molar-refractivity contribution in [3.63, 3.8) is 0 Å². The van der Waals surface area contributed by atoms with Gasteiger partial charge in [-0.2, -0.15) is 13.2 Å². The molecule has 0 amide bonds. The molecule has 1 atom stereocenters. The number of sulfone groups is 1. The summed E-state index contributed by atoms with van der Waals surface area (Å²) in [4.78, 5) is -2.14. The van der Waals surface area contributed by atoms with Crippen molar-refractivity contribution in [3.05, 3.63) is 29.3 Å². The van der Waals surface area contributed by atoms with E-state index in [9.17, 15) is 21.6 Å². The number of halogens is 4. The van der Waals surface area contributed by atoms with Gasteiger partial charge in [-0.1, -0.05) is 22.0 Å². The smallest absolute Gasteiger partial charge is 0.224 e. The Labute approximate surface area is 112 Å². The van der Waals surface area contributed by atoms with Crippen LogP contribution >= 0.6 is 15.9 Å². The zero-order valence-electron chi connectivity index (χ0n) is 9.75. The van der Waals surface area contributed by atoms with Crippen molar-refractivity contribution in [2.75, 3.05) is 5.75 Å². The average molecular weight is 345 g/mol. The van der Waals surface area contributed by atoms with Gasteiger partial charge in [-0.05, 0) is 37.1 Å². The predicted octanol–water partition coefficient (Wildman–Crippen LogP) is 3.40. The summed E-state index contributed by atoms with van der Waals surface area (Å²) in [6.07, 6.45) is -4.58. The fourth-order valence-corrected chi connectivity index (χ4v) is 3.73. The maximum absolute atomic E-state index is 12.3. The van der Waals surface area contributed by atoms with Crippen LogP contribution in [-0.2, 0) is 9.84 Å². The lowest BCUT2D eigenvalue weighted by Crippen LogP contribution is -2.30. The molecule has 0 N–H and O–H groups in total. The zero-order chi connectivity index (χ0) is 14.1. The van der Waals surface area contributed by atoms with Gasteiger partial charge < -0.3 is 0 Å². The minimum atomic E-state index is -4.58. The van der Waals surface area contributed by atoms with Crippen LogP contribution in [0.3, 0.4) is 0 Å². The highest BCUT2D eigenvalue weighted by molar-refractivity contribution is 9.09. The maximum Gasteiger partial charge on any atom is 0.402 e. The molecule has 1 aromatic carbocycles. The van der Waals surface area contributed by atoms with E-state index in [0.29, 0.717) is 0 Å². The Morgan fingerprint density at radius 2 is 1.78 bits per heavy atom. The highest BCUT2D eigenvalue weighted by atomic mass is 79.9. The second kappa shape index (κ2) is 5.21. The quantitative estimate of drug-likeness (QED) is 0.787. The van der Waals surface area contributed by atoms with Crippen molar-refractivity contribution >= 4 is 25.8 Å². The van der Waals surface area contributed by atoms with Crippen LogP contribution in [0.5, 0.6) is 0 Å². The third kappa shape index (κ3) is 3.71. The van der Waals surface area contributed by atoms with Gasteiger partial charge in [0.1, 0.15) is 4.83 Å².